The lowest BCUT2D eigenvalue weighted by molar-refractivity contribution is -0.119. The monoisotopic (exact) mass is 433 g/mol. The molecule has 0 spiro atoms. The summed E-state index contributed by atoms with van der Waals surface area (Å²) >= 11 is 0. The Hall–Kier alpha value is -3.41. The molecule has 0 aliphatic carbocycles. The summed E-state index contributed by atoms with van der Waals surface area (Å²) in [5, 5.41) is 8.47. The molecule has 2 saturated heterocycles. The predicted octanol–water partition coefficient (Wildman–Crippen LogP) is 2.25. The van der Waals surface area contributed by atoms with E-state index in [2.05, 4.69) is 30.9 Å². The Kier molecular flexibility index (Phi) is 4.85. The third-order valence-corrected chi connectivity index (χ3v) is 5.26. The van der Waals surface area contributed by atoms with Gasteiger partial charge in [-0.1, -0.05) is 0 Å². The molecule has 2 aromatic heterocycles. The summed E-state index contributed by atoms with van der Waals surface area (Å²) in [5.41, 5.74) is 0.331. The van der Waals surface area contributed by atoms with Crippen LogP contribution in [0, 0.1) is 17.5 Å². The first-order chi connectivity index (χ1) is 15.0. The van der Waals surface area contributed by atoms with Gasteiger partial charge in [-0.2, -0.15) is 4.98 Å². The SMILES string of the molecule is O=C1C[C@H](Nc2ncc3nc(Nc4c(F)cc(F)cc4F)n(C4CCOC4)c3n2)CN1. The molecule has 1 aromatic carbocycles. The number of benzene rings is 1. The van der Waals surface area contributed by atoms with E-state index < -0.39 is 23.1 Å². The number of halogens is 3. The smallest absolute Gasteiger partial charge is 0.225 e. The van der Waals surface area contributed by atoms with Gasteiger partial charge in [-0.25, -0.2) is 23.1 Å². The van der Waals surface area contributed by atoms with Crippen molar-refractivity contribution in [3.63, 3.8) is 0 Å². The van der Waals surface area contributed by atoms with Crippen LogP contribution in [-0.4, -0.2) is 51.2 Å². The van der Waals surface area contributed by atoms with Gasteiger partial charge in [0, 0.05) is 31.7 Å². The molecule has 1 amide bonds. The van der Waals surface area contributed by atoms with E-state index in [1.54, 1.807) is 4.57 Å². The van der Waals surface area contributed by atoms with Gasteiger partial charge >= 0.3 is 0 Å². The Morgan fingerprint density at radius 3 is 2.68 bits per heavy atom. The number of imidazole rings is 1. The zero-order valence-corrected chi connectivity index (χ0v) is 16.2. The molecule has 9 nitrogen and oxygen atoms in total. The minimum atomic E-state index is -1.08. The van der Waals surface area contributed by atoms with Crippen LogP contribution in [0.2, 0.25) is 0 Å². The van der Waals surface area contributed by atoms with Gasteiger partial charge in [-0.15, -0.1) is 0 Å². The number of hydrogen-bond acceptors (Lipinski definition) is 7. The summed E-state index contributed by atoms with van der Waals surface area (Å²) in [5.74, 6) is -2.78. The number of carbonyl (C=O) groups is 1. The van der Waals surface area contributed by atoms with E-state index in [-0.39, 0.29) is 23.9 Å². The number of fused-ring (bicyclic) bond motifs is 1. The molecule has 3 aromatic rings. The predicted molar refractivity (Wildman–Crippen MR) is 104 cm³/mol. The zero-order valence-electron chi connectivity index (χ0n) is 16.2. The van der Waals surface area contributed by atoms with Crippen LogP contribution in [0.15, 0.2) is 18.3 Å². The molecule has 31 heavy (non-hydrogen) atoms. The summed E-state index contributed by atoms with van der Waals surface area (Å²) in [6.45, 7) is 1.36. The molecule has 0 bridgehead atoms. The highest BCUT2D eigenvalue weighted by Crippen LogP contribution is 2.32. The summed E-state index contributed by atoms with van der Waals surface area (Å²) in [7, 11) is 0. The van der Waals surface area contributed by atoms with Crippen molar-refractivity contribution in [2.75, 3.05) is 30.4 Å². The molecule has 162 valence electrons. The zero-order chi connectivity index (χ0) is 21.5. The average Bonchev–Trinajstić information content (AvgIpc) is 3.44. The van der Waals surface area contributed by atoms with Crippen molar-refractivity contribution in [3.8, 4) is 0 Å². The number of hydrogen-bond donors (Lipinski definition) is 3. The van der Waals surface area contributed by atoms with Crippen LogP contribution >= 0.6 is 0 Å². The Bertz CT molecular complexity index is 1140. The lowest BCUT2D eigenvalue weighted by Crippen LogP contribution is -2.23. The van der Waals surface area contributed by atoms with Gasteiger partial charge in [0.2, 0.25) is 17.8 Å². The average molecular weight is 433 g/mol. The fourth-order valence-electron chi connectivity index (χ4n) is 3.78. The third-order valence-electron chi connectivity index (χ3n) is 5.26. The van der Waals surface area contributed by atoms with Gasteiger partial charge in [0.25, 0.3) is 0 Å². The maximum Gasteiger partial charge on any atom is 0.225 e. The van der Waals surface area contributed by atoms with Crippen molar-refractivity contribution in [1.29, 1.82) is 0 Å². The topological polar surface area (TPSA) is 106 Å². The molecule has 0 radical (unpaired) electrons. The molecule has 2 aliphatic heterocycles. The number of amides is 1. The van der Waals surface area contributed by atoms with Crippen LogP contribution in [0.3, 0.4) is 0 Å². The number of anilines is 3. The molecule has 2 atom stereocenters. The van der Waals surface area contributed by atoms with Gasteiger partial charge in [-0.3, -0.25) is 9.36 Å². The largest absolute Gasteiger partial charge is 0.379 e. The second-order valence-electron chi connectivity index (χ2n) is 7.44. The van der Waals surface area contributed by atoms with Crippen LogP contribution in [0.5, 0.6) is 0 Å². The number of ether oxygens (including phenoxy) is 1. The molecular formula is C19H18F3N7O2. The fraction of sp³-hybridized carbons (Fsp3) is 0.368. The maximum absolute atomic E-state index is 14.2. The van der Waals surface area contributed by atoms with E-state index in [0.717, 1.165) is 0 Å². The van der Waals surface area contributed by atoms with Crippen molar-refractivity contribution in [2.24, 2.45) is 0 Å². The third kappa shape index (κ3) is 3.74. The Balaban J connectivity index is 1.54. The van der Waals surface area contributed by atoms with Crippen molar-refractivity contribution < 1.29 is 22.7 Å². The highest BCUT2D eigenvalue weighted by atomic mass is 19.1. The Morgan fingerprint density at radius 1 is 1.19 bits per heavy atom. The van der Waals surface area contributed by atoms with Gasteiger partial charge in [0.15, 0.2) is 17.3 Å². The van der Waals surface area contributed by atoms with E-state index >= 15 is 0 Å². The molecule has 2 aliphatic rings. The second-order valence-corrected chi connectivity index (χ2v) is 7.44. The number of nitrogens with zero attached hydrogens (tertiary/aromatic N) is 4. The maximum atomic E-state index is 14.2. The van der Waals surface area contributed by atoms with E-state index in [4.69, 9.17) is 4.74 Å². The van der Waals surface area contributed by atoms with Crippen molar-refractivity contribution in [1.82, 2.24) is 24.8 Å². The summed E-state index contributed by atoms with van der Waals surface area (Å²) < 4.78 is 48.9. The minimum absolute atomic E-state index is 0.0541. The van der Waals surface area contributed by atoms with Crippen LogP contribution in [0.1, 0.15) is 18.9 Å². The Labute approximate surface area is 174 Å². The van der Waals surface area contributed by atoms with Crippen LogP contribution < -0.4 is 16.0 Å². The lowest BCUT2D eigenvalue weighted by atomic mass is 10.2. The quantitative estimate of drug-likeness (QED) is 0.567. The van der Waals surface area contributed by atoms with Gasteiger partial charge in [0.05, 0.1) is 24.9 Å². The van der Waals surface area contributed by atoms with Crippen molar-refractivity contribution in [3.05, 3.63) is 35.8 Å². The summed E-state index contributed by atoms with van der Waals surface area (Å²) in [6.07, 6.45) is 2.46. The first-order valence-corrected chi connectivity index (χ1v) is 9.75. The lowest BCUT2D eigenvalue weighted by Gasteiger charge is -2.16. The normalized spacial score (nSPS) is 20.9. The molecule has 12 heteroatoms. The van der Waals surface area contributed by atoms with Crippen LogP contribution in [0.4, 0.5) is 30.8 Å². The fourth-order valence-corrected chi connectivity index (χ4v) is 3.78. The van der Waals surface area contributed by atoms with Crippen molar-refractivity contribution >= 4 is 34.7 Å². The molecule has 0 saturated carbocycles. The highest BCUT2D eigenvalue weighted by Gasteiger charge is 2.27. The Morgan fingerprint density at radius 2 is 2.00 bits per heavy atom. The van der Waals surface area contributed by atoms with Gasteiger partial charge < -0.3 is 20.7 Å². The minimum Gasteiger partial charge on any atom is -0.379 e. The van der Waals surface area contributed by atoms with E-state index in [1.165, 1.54) is 6.20 Å². The molecule has 5 rings (SSSR count). The van der Waals surface area contributed by atoms with Gasteiger partial charge in [0.1, 0.15) is 17.0 Å². The van der Waals surface area contributed by atoms with Gasteiger partial charge in [-0.05, 0) is 6.42 Å². The molecule has 1 unspecified atom stereocenters. The summed E-state index contributed by atoms with van der Waals surface area (Å²) in [4.78, 5) is 24.6. The van der Waals surface area contributed by atoms with Crippen LogP contribution in [-0.2, 0) is 9.53 Å². The second kappa shape index (κ2) is 7.69. The number of carbonyl (C=O) groups excluding carboxylic acids is 1. The number of nitrogens with one attached hydrogen (secondary N) is 3. The summed E-state index contributed by atoms with van der Waals surface area (Å²) in [6, 6.07) is 0.874. The first-order valence-electron chi connectivity index (χ1n) is 9.75. The highest BCUT2D eigenvalue weighted by molar-refractivity contribution is 5.80. The van der Waals surface area contributed by atoms with Crippen LogP contribution in [0.25, 0.3) is 11.2 Å². The van der Waals surface area contributed by atoms with E-state index in [1.807, 2.05) is 0 Å². The van der Waals surface area contributed by atoms with Crippen molar-refractivity contribution in [2.45, 2.75) is 24.9 Å². The number of rotatable bonds is 5. The molecular weight excluding hydrogens is 415 g/mol. The molecule has 3 N–H and O–H groups in total. The molecule has 2 fully saturated rings. The standard InChI is InChI=1S/C19H18F3N7O2/c20-9-3-12(21)16(13(22)4-9)27-19-26-14-7-24-18(25-10-5-15(30)23-6-10)28-17(14)29(19)11-1-2-31-8-11/h3-4,7,10-11H,1-2,5-6,8H2,(H,23,30)(H,26,27)(H,24,25,28)/t10-,11?/m0/s1. The molecule has 4 heterocycles. The van der Waals surface area contributed by atoms with E-state index in [0.29, 0.717) is 61.8 Å². The number of aromatic nitrogens is 4. The first kappa shape index (κ1) is 19.5. The van der Waals surface area contributed by atoms with E-state index in [9.17, 15) is 18.0 Å².